The molecule has 0 unspecified atom stereocenters. The highest BCUT2D eigenvalue weighted by Gasteiger charge is 2.41. The Kier molecular flexibility index (Phi) is 2.28. The third-order valence-electron chi connectivity index (χ3n) is 3.52. The maximum Gasteiger partial charge on any atom is 0.222 e. The second-order valence-corrected chi connectivity index (χ2v) is 4.14. The molecule has 2 rings (SSSR count). The van der Waals surface area contributed by atoms with Gasteiger partial charge in [-0.05, 0) is 18.8 Å². The molecule has 0 aromatic rings. The Hall–Kier alpha value is -0.570. The molecule has 1 amide bonds. The molecule has 0 spiro atoms. The number of nitrogens with zero attached hydrogens (tertiary/aromatic N) is 1. The van der Waals surface area contributed by atoms with E-state index < -0.39 is 0 Å². The zero-order valence-electron chi connectivity index (χ0n) is 8.07. The average molecular weight is 183 g/mol. The molecule has 0 aromatic carbocycles. The lowest BCUT2D eigenvalue weighted by Gasteiger charge is -2.39. The predicted octanol–water partition coefficient (Wildman–Crippen LogP) is 0.768. The zero-order valence-corrected chi connectivity index (χ0v) is 8.07. The van der Waals surface area contributed by atoms with Gasteiger partial charge in [0.15, 0.2) is 0 Å². The first-order chi connectivity index (χ1) is 6.24. The summed E-state index contributed by atoms with van der Waals surface area (Å²) in [5.74, 6) is 0.644. The number of aliphatic hydroxyl groups is 1. The molecule has 3 nitrogen and oxygen atoms in total. The maximum absolute atomic E-state index is 11.4. The number of hydrogen-bond donors (Lipinski definition) is 1. The van der Waals surface area contributed by atoms with Gasteiger partial charge < -0.3 is 10.0 Å². The molecule has 0 aromatic heterocycles. The predicted molar refractivity (Wildman–Crippen MR) is 49.1 cm³/mol. The summed E-state index contributed by atoms with van der Waals surface area (Å²) >= 11 is 0. The fourth-order valence-corrected chi connectivity index (χ4v) is 2.64. The van der Waals surface area contributed by atoms with Gasteiger partial charge in [-0.3, -0.25) is 4.79 Å². The van der Waals surface area contributed by atoms with Crippen molar-refractivity contribution in [3.63, 3.8) is 0 Å². The Bertz CT molecular complexity index is 217. The number of hydrogen-bond acceptors (Lipinski definition) is 2. The summed E-state index contributed by atoms with van der Waals surface area (Å²) < 4.78 is 0. The third kappa shape index (κ3) is 1.35. The van der Waals surface area contributed by atoms with Crippen LogP contribution in [-0.2, 0) is 4.79 Å². The van der Waals surface area contributed by atoms with Crippen molar-refractivity contribution in [1.29, 1.82) is 0 Å². The molecular weight excluding hydrogens is 166 g/mol. The summed E-state index contributed by atoms with van der Waals surface area (Å²) in [4.78, 5) is 13.2. The van der Waals surface area contributed by atoms with Gasteiger partial charge in [-0.15, -0.1) is 0 Å². The first-order valence-electron chi connectivity index (χ1n) is 5.21. The second-order valence-electron chi connectivity index (χ2n) is 4.14. The van der Waals surface area contributed by atoms with Crippen LogP contribution in [0.15, 0.2) is 0 Å². The van der Waals surface area contributed by atoms with E-state index in [-0.39, 0.29) is 18.1 Å². The highest BCUT2D eigenvalue weighted by atomic mass is 16.3. The quantitative estimate of drug-likeness (QED) is 0.652. The Balaban J connectivity index is 2.09. The summed E-state index contributed by atoms with van der Waals surface area (Å²) in [6.45, 7) is 2.97. The van der Waals surface area contributed by atoms with Crippen molar-refractivity contribution in [2.24, 2.45) is 5.92 Å². The van der Waals surface area contributed by atoms with Crippen LogP contribution in [0.2, 0.25) is 0 Å². The van der Waals surface area contributed by atoms with Gasteiger partial charge in [0, 0.05) is 13.0 Å². The molecule has 2 aliphatic rings. The minimum Gasteiger partial charge on any atom is -0.391 e. The zero-order chi connectivity index (χ0) is 9.42. The van der Waals surface area contributed by atoms with Crippen molar-refractivity contribution in [3.05, 3.63) is 0 Å². The van der Waals surface area contributed by atoms with E-state index in [2.05, 4.69) is 6.92 Å². The van der Waals surface area contributed by atoms with Crippen molar-refractivity contribution in [2.75, 3.05) is 6.54 Å². The monoisotopic (exact) mass is 183 g/mol. The van der Waals surface area contributed by atoms with Crippen LogP contribution in [0.4, 0.5) is 0 Å². The first-order valence-corrected chi connectivity index (χ1v) is 5.21. The van der Waals surface area contributed by atoms with E-state index in [0.717, 1.165) is 25.8 Å². The third-order valence-corrected chi connectivity index (χ3v) is 3.52. The topological polar surface area (TPSA) is 40.5 Å². The molecule has 0 bridgehead atoms. The fraction of sp³-hybridized carbons (Fsp3) is 0.900. The number of aliphatic hydroxyl groups excluding tert-OH is 1. The lowest BCUT2D eigenvalue weighted by molar-refractivity contribution is -0.133. The standard InChI is InChI=1S/C10H17NO2/c1-2-7-5-6-11-8(10(7)13)3-4-9(11)12/h7-8,10,13H,2-6H2,1H3/t7-,8-,10+/m0/s1. The van der Waals surface area contributed by atoms with Gasteiger partial charge in [0.25, 0.3) is 0 Å². The van der Waals surface area contributed by atoms with Crippen LogP contribution in [0.25, 0.3) is 0 Å². The van der Waals surface area contributed by atoms with Crippen molar-refractivity contribution < 1.29 is 9.90 Å². The number of amides is 1. The van der Waals surface area contributed by atoms with E-state index in [9.17, 15) is 9.90 Å². The van der Waals surface area contributed by atoms with Gasteiger partial charge in [0.2, 0.25) is 5.91 Å². The van der Waals surface area contributed by atoms with E-state index in [1.807, 2.05) is 4.90 Å². The Morgan fingerprint density at radius 3 is 3.00 bits per heavy atom. The van der Waals surface area contributed by atoms with Crippen LogP contribution in [0.3, 0.4) is 0 Å². The molecule has 0 radical (unpaired) electrons. The van der Waals surface area contributed by atoms with Gasteiger partial charge >= 0.3 is 0 Å². The second kappa shape index (κ2) is 3.29. The molecule has 74 valence electrons. The number of carbonyl (C=O) groups excluding carboxylic acids is 1. The molecule has 3 atom stereocenters. The molecule has 2 aliphatic heterocycles. The number of carbonyl (C=O) groups is 1. The van der Waals surface area contributed by atoms with Crippen molar-refractivity contribution in [3.8, 4) is 0 Å². The molecule has 2 saturated heterocycles. The van der Waals surface area contributed by atoms with Crippen LogP contribution in [0.1, 0.15) is 32.6 Å². The Labute approximate surface area is 78.7 Å². The van der Waals surface area contributed by atoms with E-state index in [1.165, 1.54) is 0 Å². The minimum absolute atomic E-state index is 0.131. The molecule has 1 N–H and O–H groups in total. The summed E-state index contributed by atoms with van der Waals surface area (Å²) in [5.41, 5.74) is 0. The first kappa shape index (κ1) is 9.00. The summed E-state index contributed by atoms with van der Waals surface area (Å²) in [6, 6.07) is 0.131. The number of fused-ring (bicyclic) bond motifs is 1. The summed E-state index contributed by atoms with van der Waals surface area (Å²) in [7, 11) is 0. The molecule has 0 saturated carbocycles. The normalized spacial score (nSPS) is 39.4. The number of piperidine rings is 1. The van der Waals surface area contributed by atoms with Gasteiger partial charge in [-0.25, -0.2) is 0 Å². The van der Waals surface area contributed by atoms with E-state index in [1.54, 1.807) is 0 Å². The SMILES string of the molecule is CC[C@H]1CCN2C(=O)CC[C@H]2[C@@H]1O. The molecular formula is C10H17NO2. The minimum atomic E-state index is -0.273. The van der Waals surface area contributed by atoms with Crippen molar-refractivity contribution >= 4 is 5.91 Å². The Morgan fingerprint density at radius 1 is 1.54 bits per heavy atom. The van der Waals surface area contributed by atoms with E-state index in [4.69, 9.17) is 0 Å². The van der Waals surface area contributed by atoms with Crippen LogP contribution < -0.4 is 0 Å². The Morgan fingerprint density at radius 2 is 2.31 bits per heavy atom. The number of rotatable bonds is 1. The average Bonchev–Trinajstić information content (AvgIpc) is 2.50. The van der Waals surface area contributed by atoms with Gasteiger partial charge in [0.05, 0.1) is 12.1 Å². The molecule has 0 aliphatic carbocycles. The fourth-order valence-electron chi connectivity index (χ4n) is 2.64. The molecule has 13 heavy (non-hydrogen) atoms. The highest BCUT2D eigenvalue weighted by Crippen LogP contribution is 2.32. The van der Waals surface area contributed by atoms with Crippen LogP contribution in [0.5, 0.6) is 0 Å². The highest BCUT2D eigenvalue weighted by molar-refractivity contribution is 5.79. The molecule has 2 fully saturated rings. The van der Waals surface area contributed by atoms with Gasteiger partial charge in [0.1, 0.15) is 0 Å². The van der Waals surface area contributed by atoms with Gasteiger partial charge in [-0.2, -0.15) is 0 Å². The van der Waals surface area contributed by atoms with Gasteiger partial charge in [-0.1, -0.05) is 13.3 Å². The maximum atomic E-state index is 11.4. The lowest BCUT2D eigenvalue weighted by atomic mass is 9.86. The summed E-state index contributed by atoms with van der Waals surface area (Å²) in [5, 5.41) is 9.96. The molecule has 2 heterocycles. The van der Waals surface area contributed by atoms with Crippen molar-refractivity contribution in [2.45, 2.75) is 44.8 Å². The van der Waals surface area contributed by atoms with E-state index >= 15 is 0 Å². The molecule has 3 heteroatoms. The summed E-state index contributed by atoms with van der Waals surface area (Å²) in [6.07, 6.45) is 3.22. The van der Waals surface area contributed by atoms with Crippen molar-refractivity contribution in [1.82, 2.24) is 4.90 Å². The van der Waals surface area contributed by atoms with Crippen LogP contribution in [0, 0.1) is 5.92 Å². The van der Waals surface area contributed by atoms with Crippen LogP contribution in [-0.4, -0.2) is 34.6 Å². The lowest BCUT2D eigenvalue weighted by Crippen LogP contribution is -2.50. The van der Waals surface area contributed by atoms with Crippen LogP contribution >= 0.6 is 0 Å². The smallest absolute Gasteiger partial charge is 0.222 e. The van der Waals surface area contributed by atoms with E-state index in [0.29, 0.717) is 12.3 Å². The largest absolute Gasteiger partial charge is 0.391 e.